The van der Waals surface area contributed by atoms with E-state index in [0.29, 0.717) is 24.2 Å². The zero-order valence-corrected chi connectivity index (χ0v) is 20.1. The summed E-state index contributed by atoms with van der Waals surface area (Å²) in [7, 11) is 0. The molecule has 0 amide bonds. The quantitative estimate of drug-likeness (QED) is 0.505. The Morgan fingerprint density at radius 2 is 1.70 bits per heavy atom. The van der Waals surface area contributed by atoms with Gasteiger partial charge in [0.1, 0.15) is 24.4 Å². The first-order valence-corrected chi connectivity index (χ1v) is 12.8. The van der Waals surface area contributed by atoms with Gasteiger partial charge >= 0.3 is 0 Å². The standard InChI is InChI=1S/C26H40O7/c1-24-9-6-15(28)12-14(24)4-5-16-17(24)7-10-25(2)18(16)8-11-26(25,3)33-23-22(31)21(30)20(29)19(13-27)32-23/h12,16-23,27,29-31H,4-11,13H2,1-3H3/t16-,17+,18+,19+,20+,21-,22+,23-,24+,25+,26+/m1/s1. The number of hydrogen-bond donors (Lipinski definition) is 4. The molecule has 33 heavy (non-hydrogen) atoms. The molecule has 0 bridgehead atoms. The van der Waals surface area contributed by atoms with Crippen molar-refractivity contribution in [2.24, 2.45) is 28.6 Å². The normalized spacial score (nSPS) is 54.3. The van der Waals surface area contributed by atoms with Gasteiger partial charge in [-0.1, -0.05) is 19.4 Å². The molecule has 4 aliphatic carbocycles. The first-order valence-electron chi connectivity index (χ1n) is 12.8. The number of aliphatic hydroxyl groups excluding tert-OH is 4. The minimum Gasteiger partial charge on any atom is -0.394 e. The fourth-order valence-electron chi connectivity index (χ4n) is 8.40. The molecule has 4 fully saturated rings. The SMILES string of the molecule is C[C@]12CCC(=O)C=C1CC[C@@H]1[C@@H]2CC[C@@]2(C)[C@H]1CC[C@]2(C)O[C@H]1O[C@@H](CO)[C@H](O)[C@@H](O)[C@@H]1O. The lowest BCUT2D eigenvalue weighted by Gasteiger charge is -2.59. The molecule has 5 aliphatic rings. The number of ether oxygens (including phenoxy) is 2. The molecular formula is C26H40O7. The number of hydrogen-bond acceptors (Lipinski definition) is 7. The fourth-order valence-corrected chi connectivity index (χ4v) is 8.40. The van der Waals surface area contributed by atoms with Crippen LogP contribution in [0.3, 0.4) is 0 Å². The Labute approximate surface area is 196 Å². The van der Waals surface area contributed by atoms with E-state index in [-0.39, 0.29) is 16.6 Å². The number of aliphatic hydroxyl groups is 4. The number of allylic oxidation sites excluding steroid dienone is 1. The van der Waals surface area contributed by atoms with Gasteiger partial charge in [-0.25, -0.2) is 0 Å². The van der Waals surface area contributed by atoms with Crippen LogP contribution in [0.1, 0.15) is 72.1 Å². The number of carbonyl (C=O) groups excluding carboxylic acids is 1. The Morgan fingerprint density at radius 3 is 2.42 bits per heavy atom. The van der Waals surface area contributed by atoms with Gasteiger partial charge in [0.05, 0.1) is 12.2 Å². The molecule has 0 aromatic heterocycles. The zero-order valence-electron chi connectivity index (χ0n) is 20.1. The van der Waals surface area contributed by atoms with E-state index in [0.717, 1.165) is 44.9 Å². The maximum atomic E-state index is 12.1. The summed E-state index contributed by atoms with van der Waals surface area (Å²) in [6.45, 7) is 6.33. The first-order chi connectivity index (χ1) is 15.5. The Bertz CT molecular complexity index is 825. The minimum absolute atomic E-state index is 0.102. The molecule has 186 valence electrons. The predicted molar refractivity (Wildman–Crippen MR) is 120 cm³/mol. The van der Waals surface area contributed by atoms with Gasteiger partial charge < -0.3 is 29.9 Å². The van der Waals surface area contributed by atoms with Crippen molar-refractivity contribution in [1.82, 2.24) is 0 Å². The highest BCUT2D eigenvalue weighted by Gasteiger charge is 2.64. The molecule has 11 atom stereocenters. The summed E-state index contributed by atoms with van der Waals surface area (Å²) in [5.41, 5.74) is 0.835. The van der Waals surface area contributed by atoms with Gasteiger partial charge in [-0.05, 0) is 86.5 Å². The maximum absolute atomic E-state index is 12.1. The molecule has 1 aliphatic heterocycles. The van der Waals surface area contributed by atoms with Crippen LogP contribution >= 0.6 is 0 Å². The zero-order chi connectivity index (χ0) is 23.8. The minimum atomic E-state index is -1.43. The molecule has 7 nitrogen and oxygen atoms in total. The smallest absolute Gasteiger partial charge is 0.187 e. The van der Waals surface area contributed by atoms with E-state index < -0.39 is 42.9 Å². The van der Waals surface area contributed by atoms with Crippen LogP contribution in [-0.2, 0) is 14.3 Å². The molecule has 1 saturated heterocycles. The third-order valence-corrected chi connectivity index (χ3v) is 10.7. The lowest BCUT2D eigenvalue weighted by molar-refractivity contribution is -0.338. The van der Waals surface area contributed by atoms with Crippen molar-refractivity contribution in [3.05, 3.63) is 11.6 Å². The molecule has 0 radical (unpaired) electrons. The van der Waals surface area contributed by atoms with Crippen LogP contribution in [0.25, 0.3) is 0 Å². The van der Waals surface area contributed by atoms with Gasteiger partial charge in [0.25, 0.3) is 0 Å². The summed E-state index contributed by atoms with van der Waals surface area (Å²) in [5.74, 6) is 1.93. The predicted octanol–water partition coefficient (Wildman–Crippen LogP) is 2.09. The molecular weight excluding hydrogens is 424 g/mol. The number of fused-ring (bicyclic) bond motifs is 5. The summed E-state index contributed by atoms with van der Waals surface area (Å²) in [6.07, 6.45) is 3.39. The monoisotopic (exact) mass is 464 g/mol. The first kappa shape index (κ1) is 23.9. The lowest BCUT2D eigenvalue weighted by atomic mass is 9.46. The summed E-state index contributed by atoms with van der Waals surface area (Å²) in [6, 6.07) is 0. The average molecular weight is 465 g/mol. The van der Waals surface area contributed by atoms with Crippen LogP contribution in [-0.4, -0.2) is 69.1 Å². The van der Waals surface area contributed by atoms with E-state index in [1.54, 1.807) is 0 Å². The number of rotatable bonds is 3. The Kier molecular flexibility index (Phi) is 5.87. The van der Waals surface area contributed by atoms with Crippen molar-refractivity contribution in [3.8, 4) is 0 Å². The molecule has 3 saturated carbocycles. The highest BCUT2D eigenvalue weighted by atomic mass is 16.7. The lowest BCUT2D eigenvalue weighted by Crippen LogP contribution is -2.62. The Hall–Kier alpha value is -0.830. The van der Waals surface area contributed by atoms with Gasteiger partial charge in [-0.2, -0.15) is 0 Å². The molecule has 0 spiro atoms. The van der Waals surface area contributed by atoms with E-state index in [1.165, 1.54) is 5.57 Å². The summed E-state index contributed by atoms with van der Waals surface area (Å²) >= 11 is 0. The topological polar surface area (TPSA) is 116 Å². The molecule has 4 N–H and O–H groups in total. The van der Waals surface area contributed by atoms with Gasteiger partial charge in [0.2, 0.25) is 0 Å². The van der Waals surface area contributed by atoms with Crippen molar-refractivity contribution in [1.29, 1.82) is 0 Å². The van der Waals surface area contributed by atoms with E-state index in [4.69, 9.17) is 9.47 Å². The second-order valence-corrected chi connectivity index (χ2v) is 12.0. The van der Waals surface area contributed by atoms with Crippen LogP contribution in [0, 0.1) is 28.6 Å². The maximum Gasteiger partial charge on any atom is 0.187 e. The molecule has 5 rings (SSSR count). The van der Waals surface area contributed by atoms with Crippen LogP contribution in [0.5, 0.6) is 0 Å². The fraction of sp³-hybridized carbons (Fsp3) is 0.885. The number of ketones is 1. The van der Waals surface area contributed by atoms with Crippen LogP contribution in [0.15, 0.2) is 11.6 Å². The van der Waals surface area contributed by atoms with E-state index in [1.807, 2.05) is 6.08 Å². The largest absolute Gasteiger partial charge is 0.394 e. The third-order valence-electron chi connectivity index (χ3n) is 10.7. The van der Waals surface area contributed by atoms with Gasteiger partial charge in [0, 0.05) is 6.42 Å². The second-order valence-electron chi connectivity index (χ2n) is 12.0. The van der Waals surface area contributed by atoms with Crippen molar-refractivity contribution in [2.45, 2.75) is 108 Å². The van der Waals surface area contributed by atoms with Crippen molar-refractivity contribution in [2.75, 3.05) is 6.61 Å². The Morgan fingerprint density at radius 1 is 0.970 bits per heavy atom. The molecule has 0 unspecified atom stereocenters. The van der Waals surface area contributed by atoms with Crippen LogP contribution in [0.2, 0.25) is 0 Å². The highest BCUT2D eigenvalue weighted by molar-refractivity contribution is 5.91. The summed E-state index contributed by atoms with van der Waals surface area (Å²) < 4.78 is 12.2. The van der Waals surface area contributed by atoms with E-state index in [9.17, 15) is 25.2 Å². The van der Waals surface area contributed by atoms with Crippen molar-refractivity contribution in [3.63, 3.8) is 0 Å². The average Bonchev–Trinajstić information content (AvgIpc) is 3.05. The van der Waals surface area contributed by atoms with Crippen LogP contribution < -0.4 is 0 Å². The summed E-state index contributed by atoms with van der Waals surface area (Å²) in [4.78, 5) is 12.1. The van der Waals surface area contributed by atoms with Gasteiger partial charge in [0.15, 0.2) is 12.1 Å². The van der Waals surface area contributed by atoms with E-state index in [2.05, 4.69) is 20.8 Å². The van der Waals surface area contributed by atoms with Gasteiger partial charge in [-0.15, -0.1) is 0 Å². The number of carbonyl (C=O) groups is 1. The second kappa shape index (κ2) is 8.10. The van der Waals surface area contributed by atoms with Crippen molar-refractivity contribution < 1.29 is 34.7 Å². The van der Waals surface area contributed by atoms with E-state index >= 15 is 0 Å². The molecule has 0 aromatic rings. The molecule has 0 aromatic carbocycles. The third kappa shape index (κ3) is 3.41. The van der Waals surface area contributed by atoms with Gasteiger partial charge in [-0.3, -0.25) is 4.79 Å². The van der Waals surface area contributed by atoms with Crippen molar-refractivity contribution >= 4 is 5.78 Å². The Balaban J connectivity index is 1.38. The molecule has 7 heteroatoms. The highest BCUT2D eigenvalue weighted by Crippen LogP contribution is 2.68. The molecule has 1 heterocycles. The van der Waals surface area contributed by atoms with Crippen LogP contribution in [0.4, 0.5) is 0 Å². The summed E-state index contributed by atoms with van der Waals surface area (Å²) in [5, 5.41) is 40.5.